The number of rotatable bonds is 6. The topological polar surface area (TPSA) is 53.7 Å². The van der Waals surface area contributed by atoms with Crippen LogP contribution in [0.4, 0.5) is 0 Å². The average molecular weight is 363 g/mol. The summed E-state index contributed by atoms with van der Waals surface area (Å²) in [4.78, 5) is 6.91. The van der Waals surface area contributed by atoms with Crippen LogP contribution in [-0.2, 0) is 6.54 Å². The van der Waals surface area contributed by atoms with Crippen LogP contribution in [0.3, 0.4) is 0 Å². The molecule has 0 radical (unpaired) electrons. The largest absolute Gasteiger partial charge is 0.361 e. The van der Waals surface area contributed by atoms with Gasteiger partial charge in [0, 0.05) is 43.2 Å². The van der Waals surface area contributed by atoms with E-state index in [0.29, 0.717) is 6.54 Å². The second kappa shape index (κ2) is 8.90. The third-order valence-electron chi connectivity index (χ3n) is 4.10. The molecule has 0 fully saturated rings. The maximum atomic E-state index is 6.08. The lowest BCUT2D eigenvalue weighted by molar-refractivity contribution is 0.391. The fourth-order valence-electron chi connectivity index (χ4n) is 2.96. The van der Waals surface area contributed by atoms with Gasteiger partial charge >= 0.3 is 0 Å². The summed E-state index contributed by atoms with van der Waals surface area (Å²) < 4.78 is 5.27. The Labute approximate surface area is 155 Å². The Hall–Kier alpha value is -2.01. The van der Waals surface area contributed by atoms with Crippen molar-refractivity contribution in [1.82, 2.24) is 15.4 Å². The summed E-state index contributed by atoms with van der Waals surface area (Å²) in [5.41, 5.74) is 3.24. The molecule has 1 heterocycles. The van der Waals surface area contributed by atoms with Crippen LogP contribution in [0, 0.1) is 13.8 Å². The van der Waals surface area contributed by atoms with Crippen molar-refractivity contribution in [2.45, 2.75) is 40.2 Å². The number of hydrogen-bond donors (Lipinski definition) is 1. The van der Waals surface area contributed by atoms with Gasteiger partial charge in [-0.25, -0.2) is 0 Å². The molecule has 2 rings (SSSR count). The molecule has 1 aromatic carbocycles. The lowest BCUT2D eigenvalue weighted by atomic mass is 10.00. The standard InChI is InChI=1S/C19H27ClN4O/c1-6-21-19(24(5)12-16-8-7-9-17(20)10-16)22-11-13(2)18-14(3)23-25-15(18)4/h7-10,13H,6,11-12H2,1-5H3,(H,21,22). The van der Waals surface area contributed by atoms with E-state index in [9.17, 15) is 0 Å². The number of aliphatic imine (C=N–C) groups is 1. The van der Waals surface area contributed by atoms with Crippen molar-refractivity contribution in [2.75, 3.05) is 20.1 Å². The third-order valence-corrected chi connectivity index (χ3v) is 4.34. The van der Waals surface area contributed by atoms with Crippen LogP contribution in [-0.4, -0.2) is 36.2 Å². The van der Waals surface area contributed by atoms with E-state index in [4.69, 9.17) is 21.1 Å². The Morgan fingerprint density at radius 2 is 2.16 bits per heavy atom. The van der Waals surface area contributed by atoms with Gasteiger partial charge < -0.3 is 14.7 Å². The highest BCUT2D eigenvalue weighted by Crippen LogP contribution is 2.23. The number of nitrogens with one attached hydrogen (secondary N) is 1. The van der Waals surface area contributed by atoms with Crippen LogP contribution in [0.25, 0.3) is 0 Å². The van der Waals surface area contributed by atoms with Crippen LogP contribution in [0.5, 0.6) is 0 Å². The predicted molar refractivity (Wildman–Crippen MR) is 103 cm³/mol. The van der Waals surface area contributed by atoms with Gasteiger partial charge in [0.15, 0.2) is 5.96 Å². The summed E-state index contributed by atoms with van der Waals surface area (Å²) in [6.45, 7) is 10.4. The van der Waals surface area contributed by atoms with Crippen LogP contribution in [0.1, 0.15) is 42.3 Å². The van der Waals surface area contributed by atoms with Crippen molar-refractivity contribution in [2.24, 2.45) is 4.99 Å². The van der Waals surface area contributed by atoms with E-state index < -0.39 is 0 Å². The van der Waals surface area contributed by atoms with Gasteiger partial charge in [0.25, 0.3) is 0 Å². The van der Waals surface area contributed by atoms with E-state index >= 15 is 0 Å². The molecule has 1 aromatic heterocycles. The number of aromatic nitrogens is 1. The van der Waals surface area contributed by atoms with Gasteiger partial charge in [-0.15, -0.1) is 0 Å². The highest BCUT2D eigenvalue weighted by molar-refractivity contribution is 6.30. The Morgan fingerprint density at radius 3 is 2.76 bits per heavy atom. The van der Waals surface area contributed by atoms with E-state index in [1.165, 1.54) is 0 Å². The molecular weight excluding hydrogens is 336 g/mol. The maximum absolute atomic E-state index is 6.08. The van der Waals surface area contributed by atoms with Gasteiger partial charge in [-0.3, -0.25) is 4.99 Å². The van der Waals surface area contributed by atoms with Gasteiger partial charge in [-0.1, -0.05) is 35.8 Å². The lowest BCUT2D eigenvalue weighted by Gasteiger charge is -2.23. The molecule has 136 valence electrons. The van der Waals surface area contributed by atoms with Crippen LogP contribution in [0.15, 0.2) is 33.8 Å². The normalized spacial score (nSPS) is 13.0. The molecule has 2 aromatic rings. The molecule has 0 saturated carbocycles. The minimum Gasteiger partial charge on any atom is -0.361 e. The maximum Gasteiger partial charge on any atom is 0.193 e. The third kappa shape index (κ3) is 5.23. The zero-order valence-corrected chi connectivity index (χ0v) is 16.4. The highest BCUT2D eigenvalue weighted by atomic mass is 35.5. The second-order valence-corrected chi connectivity index (χ2v) is 6.76. The first kappa shape index (κ1) is 19.3. The number of benzene rings is 1. The number of hydrogen-bond acceptors (Lipinski definition) is 3. The van der Waals surface area contributed by atoms with Crippen LogP contribution < -0.4 is 5.32 Å². The van der Waals surface area contributed by atoms with Gasteiger partial charge in [0.2, 0.25) is 0 Å². The molecule has 1 N–H and O–H groups in total. The molecule has 1 atom stereocenters. The van der Waals surface area contributed by atoms with Crippen molar-refractivity contribution in [3.05, 3.63) is 51.9 Å². The molecule has 6 heteroatoms. The first-order valence-corrected chi connectivity index (χ1v) is 8.96. The molecule has 0 amide bonds. The SMILES string of the molecule is CCNC(=NCC(C)c1c(C)noc1C)N(C)Cc1cccc(Cl)c1. The summed E-state index contributed by atoms with van der Waals surface area (Å²) >= 11 is 6.08. The smallest absolute Gasteiger partial charge is 0.193 e. The van der Waals surface area contributed by atoms with E-state index in [1.807, 2.05) is 39.1 Å². The van der Waals surface area contributed by atoms with Crippen LogP contribution in [0.2, 0.25) is 5.02 Å². The minimum atomic E-state index is 0.250. The quantitative estimate of drug-likeness (QED) is 0.619. The summed E-state index contributed by atoms with van der Waals surface area (Å²) in [6, 6.07) is 7.90. The molecule has 0 aliphatic rings. The Bertz CT molecular complexity index is 706. The number of halogens is 1. The van der Waals surface area contributed by atoms with Gasteiger partial charge in [0.1, 0.15) is 5.76 Å². The van der Waals surface area contributed by atoms with Crippen molar-refractivity contribution in [1.29, 1.82) is 0 Å². The summed E-state index contributed by atoms with van der Waals surface area (Å²) in [5.74, 6) is 2.00. The fraction of sp³-hybridized carbons (Fsp3) is 0.474. The molecule has 0 saturated heterocycles. The molecule has 0 aliphatic heterocycles. The van der Waals surface area contributed by atoms with Gasteiger partial charge in [-0.2, -0.15) is 0 Å². The van der Waals surface area contributed by atoms with E-state index in [2.05, 4.69) is 35.3 Å². The highest BCUT2D eigenvalue weighted by Gasteiger charge is 2.16. The van der Waals surface area contributed by atoms with Crippen molar-refractivity contribution in [3.63, 3.8) is 0 Å². The number of nitrogens with zero attached hydrogens (tertiary/aromatic N) is 3. The monoisotopic (exact) mass is 362 g/mol. The molecule has 0 spiro atoms. The molecule has 25 heavy (non-hydrogen) atoms. The van der Waals surface area contributed by atoms with Crippen molar-refractivity contribution in [3.8, 4) is 0 Å². The zero-order valence-electron chi connectivity index (χ0n) is 15.6. The molecule has 5 nitrogen and oxygen atoms in total. The predicted octanol–water partition coefficient (Wildman–Crippen LogP) is 4.15. The van der Waals surface area contributed by atoms with Gasteiger partial charge in [0.05, 0.1) is 5.69 Å². The summed E-state index contributed by atoms with van der Waals surface area (Å²) in [7, 11) is 2.03. The number of guanidine groups is 1. The second-order valence-electron chi connectivity index (χ2n) is 6.32. The van der Waals surface area contributed by atoms with Crippen molar-refractivity contribution < 1.29 is 4.52 Å². The molecule has 1 unspecified atom stereocenters. The zero-order chi connectivity index (χ0) is 18.4. The van der Waals surface area contributed by atoms with Crippen LogP contribution >= 0.6 is 11.6 Å². The molecular formula is C19H27ClN4O. The fourth-order valence-corrected chi connectivity index (χ4v) is 3.17. The van der Waals surface area contributed by atoms with E-state index in [-0.39, 0.29) is 5.92 Å². The Kier molecular flexibility index (Phi) is 6.88. The minimum absolute atomic E-state index is 0.250. The lowest BCUT2D eigenvalue weighted by Crippen LogP contribution is -2.38. The average Bonchev–Trinajstić information content (AvgIpc) is 2.90. The van der Waals surface area contributed by atoms with Crippen molar-refractivity contribution >= 4 is 17.6 Å². The molecule has 0 aliphatic carbocycles. The first-order valence-electron chi connectivity index (χ1n) is 8.59. The number of aryl methyl sites for hydroxylation is 2. The Morgan fingerprint density at radius 1 is 1.40 bits per heavy atom. The summed E-state index contributed by atoms with van der Waals surface area (Å²) in [6.07, 6.45) is 0. The van der Waals surface area contributed by atoms with E-state index in [1.54, 1.807) is 0 Å². The van der Waals surface area contributed by atoms with E-state index in [0.717, 1.165) is 46.7 Å². The summed E-state index contributed by atoms with van der Waals surface area (Å²) in [5, 5.41) is 8.14. The van der Waals surface area contributed by atoms with Gasteiger partial charge in [-0.05, 0) is 38.5 Å². The first-order chi connectivity index (χ1) is 11.9. The Balaban J connectivity index is 2.09. The molecule has 0 bridgehead atoms.